The van der Waals surface area contributed by atoms with E-state index in [9.17, 15) is 0 Å². The van der Waals surface area contributed by atoms with E-state index in [0.717, 1.165) is 22.7 Å². The molecule has 4 heterocycles. The highest BCUT2D eigenvalue weighted by atomic mass is 32.1. The molecule has 0 saturated carbocycles. The average molecular weight is 477 g/mol. The second kappa shape index (κ2) is 7.44. The van der Waals surface area contributed by atoms with E-state index < -0.39 is 29.0 Å². The minimum Gasteiger partial charge on any atom is -0.462 e. The van der Waals surface area contributed by atoms with Gasteiger partial charge in [-0.15, -0.1) is 5.10 Å². The molecule has 5 atom stereocenters. The Morgan fingerprint density at radius 2 is 2.03 bits per heavy atom. The molecule has 2 aliphatic heterocycles. The first-order chi connectivity index (χ1) is 15.5. The number of nitrogens with one attached hydrogen (secondary N) is 1. The van der Waals surface area contributed by atoms with Crippen LogP contribution in [-0.4, -0.2) is 49.0 Å². The molecule has 11 heteroatoms. The Labute approximate surface area is 194 Å². The molecule has 5 unspecified atom stereocenters. The summed E-state index contributed by atoms with van der Waals surface area (Å²) >= 11 is 1.15. The summed E-state index contributed by atoms with van der Waals surface area (Å²) in [5, 5.41) is 16.5. The molecule has 3 N–H and O–H groups in total. The number of piperidine rings is 1. The van der Waals surface area contributed by atoms with Crippen molar-refractivity contribution in [2.24, 2.45) is 5.90 Å². The van der Waals surface area contributed by atoms with Gasteiger partial charge in [-0.3, -0.25) is 0 Å². The van der Waals surface area contributed by atoms with E-state index in [4.69, 9.17) is 15.5 Å². The molecular formula is C22H26F2N6O2S. The molecule has 0 spiro atoms. The number of ether oxygens (including phenoxy) is 1. The zero-order chi connectivity index (χ0) is 23.6. The van der Waals surface area contributed by atoms with Crippen LogP contribution in [0.3, 0.4) is 0 Å². The average Bonchev–Trinajstić information content (AvgIpc) is 3.43. The van der Waals surface area contributed by atoms with E-state index in [1.165, 1.54) is 6.92 Å². The topological polar surface area (TPSA) is 100 Å². The highest BCUT2D eigenvalue weighted by Gasteiger charge is 2.66. The molecular weight excluding hydrogens is 450 g/mol. The SMILES string of the molecule is Cc1ccn(-c2ccc(-c3nnc(OC4CC5(C)NC(C)(CC5(C)F)C4F)s3)c(ON)c2)n1. The van der Waals surface area contributed by atoms with Crippen LogP contribution in [0.1, 0.15) is 39.3 Å². The lowest BCUT2D eigenvalue weighted by molar-refractivity contribution is -0.0184. The number of rotatable bonds is 5. The summed E-state index contributed by atoms with van der Waals surface area (Å²) < 4.78 is 38.2. The number of aryl methyl sites for hydroxylation is 1. The molecule has 0 radical (unpaired) electrons. The Hall–Kier alpha value is -2.63. The zero-order valence-electron chi connectivity index (χ0n) is 18.8. The molecule has 5 rings (SSSR count). The van der Waals surface area contributed by atoms with Gasteiger partial charge in [0, 0.05) is 25.1 Å². The monoisotopic (exact) mass is 476 g/mol. The van der Waals surface area contributed by atoms with Gasteiger partial charge in [0.05, 0.1) is 28.0 Å². The van der Waals surface area contributed by atoms with Gasteiger partial charge in [-0.25, -0.2) is 13.5 Å². The predicted molar refractivity (Wildman–Crippen MR) is 120 cm³/mol. The van der Waals surface area contributed by atoms with Gasteiger partial charge < -0.3 is 14.9 Å². The van der Waals surface area contributed by atoms with Crippen molar-refractivity contribution < 1.29 is 18.4 Å². The number of halogens is 2. The number of aromatic nitrogens is 4. The Morgan fingerprint density at radius 3 is 2.73 bits per heavy atom. The first kappa shape index (κ1) is 22.2. The van der Waals surface area contributed by atoms with E-state index in [-0.39, 0.29) is 18.0 Å². The van der Waals surface area contributed by atoms with Crippen LogP contribution in [0.4, 0.5) is 8.78 Å². The van der Waals surface area contributed by atoms with Crippen LogP contribution in [0.15, 0.2) is 30.5 Å². The lowest BCUT2D eigenvalue weighted by Crippen LogP contribution is -2.65. The summed E-state index contributed by atoms with van der Waals surface area (Å²) in [4.78, 5) is 5.08. The third kappa shape index (κ3) is 3.58. The van der Waals surface area contributed by atoms with Crippen LogP contribution in [-0.2, 0) is 0 Å². The van der Waals surface area contributed by atoms with Crippen LogP contribution in [0, 0.1) is 6.92 Å². The molecule has 2 aromatic heterocycles. The maximum atomic E-state index is 15.3. The van der Waals surface area contributed by atoms with E-state index in [0.29, 0.717) is 16.3 Å². The Kier molecular flexibility index (Phi) is 5.00. The summed E-state index contributed by atoms with van der Waals surface area (Å²) in [7, 11) is 0. The predicted octanol–water partition coefficient (Wildman–Crippen LogP) is 3.68. The first-order valence-corrected chi connectivity index (χ1v) is 11.5. The Morgan fingerprint density at radius 1 is 1.24 bits per heavy atom. The summed E-state index contributed by atoms with van der Waals surface area (Å²) in [6, 6.07) is 7.30. The molecule has 3 aromatic rings. The van der Waals surface area contributed by atoms with Crippen molar-refractivity contribution in [1.29, 1.82) is 0 Å². The van der Waals surface area contributed by atoms with Crippen molar-refractivity contribution in [2.75, 3.05) is 0 Å². The summed E-state index contributed by atoms with van der Waals surface area (Å²) in [5.41, 5.74) is -1.16. The lowest BCUT2D eigenvalue weighted by Gasteiger charge is -2.44. The van der Waals surface area contributed by atoms with Gasteiger partial charge in [0.1, 0.15) is 11.8 Å². The second-order valence-corrected chi connectivity index (χ2v) is 10.5. The maximum absolute atomic E-state index is 15.3. The Bertz CT molecular complexity index is 1200. The highest BCUT2D eigenvalue weighted by molar-refractivity contribution is 7.16. The minimum atomic E-state index is -1.54. The molecule has 33 heavy (non-hydrogen) atoms. The number of alkyl halides is 2. The second-order valence-electron chi connectivity index (χ2n) is 9.58. The number of hydrogen-bond acceptors (Lipinski definition) is 8. The minimum absolute atomic E-state index is 0.0816. The molecule has 176 valence electrons. The number of nitrogens with two attached hydrogens (primary N) is 1. The largest absolute Gasteiger partial charge is 0.462 e. The lowest BCUT2D eigenvalue weighted by atomic mass is 9.81. The van der Waals surface area contributed by atoms with Crippen molar-refractivity contribution in [2.45, 2.75) is 69.6 Å². The zero-order valence-corrected chi connectivity index (χ0v) is 19.6. The first-order valence-electron chi connectivity index (χ1n) is 10.7. The van der Waals surface area contributed by atoms with E-state index >= 15 is 8.78 Å². The van der Waals surface area contributed by atoms with Crippen LogP contribution in [0.2, 0.25) is 0 Å². The quantitative estimate of drug-likeness (QED) is 0.542. The maximum Gasteiger partial charge on any atom is 0.294 e. The Balaban J connectivity index is 1.39. The van der Waals surface area contributed by atoms with E-state index in [2.05, 4.69) is 20.6 Å². The third-order valence-corrected chi connectivity index (χ3v) is 7.77. The van der Waals surface area contributed by atoms with Crippen molar-refractivity contribution >= 4 is 11.3 Å². The van der Waals surface area contributed by atoms with Gasteiger partial charge in [-0.05, 0) is 45.9 Å². The van der Waals surface area contributed by atoms with Crippen molar-refractivity contribution in [3.8, 4) is 27.2 Å². The molecule has 8 nitrogen and oxygen atoms in total. The smallest absolute Gasteiger partial charge is 0.294 e. The molecule has 2 fully saturated rings. The van der Waals surface area contributed by atoms with Gasteiger partial charge in [0.15, 0.2) is 16.9 Å². The van der Waals surface area contributed by atoms with Crippen LogP contribution in [0.25, 0.3) is 16.3 Å². The summed E-state index contributed by atoms with van der Waals surface area (Å²) in [6.07, 6.45) is -0.130. The molecule has 2 saturated heterocycles. The normalized spacial score (nSPS) is 33.3. The number of benzene rings is 1. The molecule has 2 bridgehead atoms. The molecule has 0 aliphatic carbocycles. The van der Waals surface area contributed by atoms with Gasteiger partial charge in [-0.1, -0.05) is 16.4 Å². The van der Waals surface area contributed by atoms with Gasteiger partial charge in [-0.2, -0.15) is 11.0 Å². The van der Waals surface area contributed by atoms with E-state index in [1.807, 2.05) is 25.3 Å². The fraction of sp³-hybridized carbons (Fsp3) is 0.500. The fourth-order valence-corrected chi connectivity index (χ4v) is 5.90. The van der Waals surface area contributed by atoms with Crippen molar-refractivity contribution in [3.05, 3.63) is 36.2 Å². The van der Waals surface area contributed by atoms with Gasteiger partial charge in [0.25, 0.3) is 5.19 Å². The third-order valence-electron chi connectivity index (χ3n) is 6.92. The van der Waals surface area contributed by atoms with Crippen LogP contribution < -0.4 is 20.8 Å². The molecule has 2 aliphatic rings. The van der Waals surface area contributed by atoms with E-state index in [1.54, 1.807) is 30.7 Å². The van der Waals surface area contributed by atoms with Crippen LogP contribution in [0.5, 0.6) is 10.9 Å². The highest BCUT2D eigenvalue weighted by Crippen LogP contribution is 2.52. The van der Waals surface area contributed by atoms with Crippen molar-refractivity contribution in [3.63, 3.8) is 0 Å². The molecule has 0 amide bonds. The van der Waals surface area contributed by atoms with Gasteiger partial charge in [0.2, 0.25) is 0 Å². The number of fused-ring (bicyclic) bond motifs is 2. The number of hydrogen-bond donors (Lipinski definition) is 2. The van der Waals surface area contributed by atoms with Crippen molar-refractivity contribution in [1.82, 2.24) is 25.3 Å². The van der Waals surface area contributed by atoms with Gasteiger partial charge >= 0.3 is 0 Å². The standard InChI is InChI=1S/C22H26F2N6O2S/c1-12-7-8-30(28-12)13-5-6-14(15(9-13)32-25)18-26-27-19(33-18)31-16-10-22(4)21(3,24)11-20(2,29-22)17(16)23/h5-9,16-17,29H,10-11,25H2,1-4H3. The molecule has 1 aromatic carbocycles. The van der Waals surface area contributed by atoms with Crippen LogP contribution >= 0.6 is 11.3 Å². The fourth-order valence-electron chi connectivity index (χ4n) is 5.12. The summed E-state index contributed by atoms with van der Waals surface area (Å²) in [5.74, 6) is 5.90. The number of nitrogens with zero attached hydrogens (tertiary/aromatic N) is 4. The summed E-state index contributed by atoms with van der Waals surface area (Å²) in [6.45, 7) is 6.90.